The summed E-state index contributed by atoms with van der Waals surface area (Å²) in [6.45, 7) is 8.69. The number of halogens is 1. The minimum absolute atomic E-state index is 0. The molecule has 1 aromatic carbocycles. The van der Waals surface area contributed by atoms with Crippen molar-refractivity contribution in [3.05, 3.63) is 29.8 Å². The first kappa shape index (κ1) is 14.6. The van der Waals surface area contributed by atoms with Crippen molar-refractivity contribution >= 4 is 12.4 Å². The molecule has 1 aromatic rings. The van der Waals surface area contributed by atoms with Crippen LogP contribution in [0.25, 0.3) is 0 Å². The molecule has 19 heavy (non-hydrogen) atoms. The van der Waals surface area contributed by atoms with Gasteiger partial charge in [-0.05, 0) is 37.9 Å². The molecule has 0 aliphatic carbocycles. The highest BCUT2D eigenvalue weighted by molar-refractivity contribution is 5.85. The molecule has 2 atom stereocenters. The number of hydrogen-bond acceptors (Lipinski definition) is 3. The van der Waals surface area contributed by atoms with Gasteiger partial charge in [0.25, 0.3) is 0 Å². The first-order valence-corrected chi connectivity index (χ1v) is 7.00. The second-order valence-corrected chi connectivity index (χ2v) is 5.41. The van der Waals surface area contributed by atoms with E-state index >= 15 is 0 Å². The number of benzene rings is 1. The van der Waals surface area contributed by atoms with E-state index in [1.54, 1.807) is 0 Å². The van der Waals surface area contributed by atoms with Gasteiger partial charge in [0.15, 0.2) is 0 Å². The van der Waals surface area contributed by atoms with Crippen molar-refractivity contribution in [1.82, 2.24) is 10.2 Å². The zero-order chi connectivity index (χ0) is 12.4. The van der Waals surface area contributed by atoms with Crippen LogP contribution in [0.2, 0.25) is 0 Å². The lowest BCUT2D eigenvalue weighted by atomic mass is 10.0. The van der Waals surface area contributed by atoms with Gasteiger partial charge in [-0.15, -0.1) is 12.4 Å². The van der Waals surface area contributed by atoms with Crippen LogP contribution in [0.5, 0.6) is 5.75 Å². The SMILES string of the molecule is CCOc1ccccc1CN1C[C@H]2CNC[C@H]2C1.Cl. The van der Waals surface area contributed by atoms with E-state index in [0.29, 0.717) is 0 Å². The van der Waals surface area contributed by atoms with E-state index in [-0.39, 0.29) is 12.4 Å². The molecular formula is C15H23ClN2O. The summed E-state index contributed by atoms with van der Waals surface area (Å²) < 4.78 is 5.70. The Hall–Kier alpha value is -0.770. The largest absolute Gasteiger partial charge is 0.494 e. The van der Waals surface area contributed by atoms with Gasteiger partial charge in [0, 0.05) is 25.2 Å². The third-order valence-corrected chi connectivity index (χ3v) is 4.13. The standard InChI is InChI=1S/C15H22N2O.ClH/c1-2-18-15-6-4-3-5-12(15)9-17-10-13-7-16-8-14(13)11-17;/h3-6,13-14,16H,2,7-11H2,1H3;1H/t13-,14+;. The van der Waals surface area contributed by atoms with Crippen molar-refractivity contribution in [2.24, 2.45) is 11.8 Å². The van der Waals surface area contributed by atoms with Gasteiger partial charge in [-0.1, -0.05) is 18.2 Å². The molecule has 0 spiro atoms. The summed E-state index contributed by atoms with van der Waals surface area (Å²) in [7, 11) is 0. The highest BCUT2D eigenvalue weighted by Crippen LogP contribution is 2.29. The Kier molecular flexibility index (Phi) is 5.08. The normalized spacial score (nSPS) is 25.9. The predicted molar refractivity (Wildman–Crippen MR) is 80.0 cm³/mol. The highest BCUT2D eigenvalue weighted by atomic mass is 35.5. The van der Waals surface area contributed by atoms with Gasteiger partial charge in [0.05, 0.1) is 6.61 Å². The van der Waals surface area contributed by atoms with Crippen LogP contribution in [0.4, 0.5) is 0 Å². The third kappa shape index (κ3) is 3.22. The summed E-state index contributed by atoms with van der Waals surface area (Å²) >= 11 is 0. The fourth-order valence-corrected chi connectivity index (χ4v) is 3.25. The summed E-state index contributed by atoms with van der Waals surface area (Å²) in [5.74, 6) is 2.78. The summed E-state index contributed by atoms with van der Waals surface area (Å²) in [6.07, 6.45) is 0. The second-order valence-electron chi connectivity index (χ2n) is 5.41. The fourth-order valence-electron chi connectivity index (χ4n) is 3.25. The monoisotopic (exact) mass is 282 g/mol. The van der Waals surface area contributed by atoms with E-state index in [9.17, 15) is 0 Å². The van der Waals surface area contributed by atoms with Crippen LogP contribution in [0.1, 0.15) is 12.5 Å². The first-order valence-electron chi connectivity index (χ1n) is 7.00. The molecule has 3 nitrogen and oxygen atoms in total. The zero-order valence-corrected chi connectivity index (χ0v) is 12.3. The van der Waals surface area contributed by atoms with Crippen LogP contribution in [0, 0.1) is 11.8 Å². The number of hydrogen-bond donors (Lipinski definition) is 1. The molecule has 0 saturated carbocycles. The van der Waals surface area contributed by atoms with Gasteiger partial charge >= 0.3 is 0 Å². The number of nitrogens with one attached hydrogen (secondary N) is 1. The van der Waals surface area contributed by atoms with E-state index < -0.39 is 0 Å². The van der Waals surface area contributed by atoms with Crippen LogP contribution in [0.3, 0.4) is 0 Å². The summed E-state index contributed by atoms with van der Waals surface area (Å²) in [5, 5.41) is 3.49. The average Bonchev–Trinajstić information content (AvgIpc) is 2.92. The molecule has 2 aliphatic rings. The Morgan fingerprint density at radius 3 is 2.58 bits per heavy atom. The Balaban J connectivity index is 0.00000133. The molecule has 0 radical (unpaired) electrons. The van der Waals surface area contributed by atoms with Crippen molar-refractivity contribution in [1.29, 1.82) is 0 Å². The Bertz CT molecular complexity index is 401. The number of para-hydroxylation sites is 1. The minimum atomic E-state index is 0. The van der Waals surface area contributed by atoms with Gasteiger partial charge in [-0.2, -0.15) is 0 Å². The Morgan fingerprint density at radius 2 is 1.89 bits per heavy atom. The number of fused-ring (bicyclic) bond motifs is 1. The van der Waals surface area contributed by atoms with Crippen LogP contribution in [-0.2, 0) is 6.54 Å². The molecule has 4 heteroatoms. The van der Waals surface area contributed by atoms with E-state index in [1.807, 2.05) is 6.92 Å². The number of rotatable bonds is 4. The van der Waals surface area contributed by atoms with Gasteiger partial charge < -0.3 is 10.1 Å². The quantitative estimate of drug-likeness (QED) is 0.916. The minimum Gasteiger partial charge on any atom is -0.494 e. The maximum absolute atomic E-state index is 5.70. The molecule has 3 rings (SSSR count). The van der Waals surface area contributed by atoms with Gasteiger partial charge in [-0.3, -0.25) is 4.90 Å². The maximum atomic E-state index is 5.70. The second kappa shape index (κ2) is 6.60. The summed E-state index contributed by atoms with van der Waals surface area (Å²) in [6, 6.07) is 8.43. The lowest BCUT2D eigenvalue weighted by Crippen LogP contribution is -2.25. The van der Waals surface area contributed by atoms with E-state index in [1.165, 1.54) is 31.7 Å². The molecule has 106 valence electrons. The first-order chi connectivity index (χ1) is 8.86. The molecule has 2 fully saturated rings. The van der Waals surface area contributed by atoms with Crippen LogP contribution >= 0.6 is 12.4 Å². The van der Waals surface area contributed by atoms with Gasteiger partial charge in [0.1, 0.15) is 5.75 Å². The van der Waals surface area contributed by atoms with Crippen molar-refractivity contribution in [3.8, 4) is 5.75 Å². The zero-order valence-electron chi connectivity index (χ0n) is 11.5. The topological polar surface area (TPSA) is 24.5 Å². The third-order valence-electron chi connectivity index (χ3n) is 4.13. The van der Waals surface area contributed by atoms with Crippen molar-refractivity contribution in [2.45, 2.75) is 13.5 Å². The Morgan fingerprint density at radius 1 is 1.21 bits per heavy atom. The Labute approximate surface area is 121 Å². The number of likely N-dealkylation sites (tertiary alicyclic amines) is 1. The lowest BCUT2D eigenvalue weighted by Gasteiger charge is -2.19. The molecule has 2 heterocycles. The van der Waals surface area contributed by atoms with Crippen molar-refractivity contribution in [3.63, 3.8) is 0 Å². The van der Waals surface area contributed by atoms with Crippen molar-refractivity contribution in [2.75, 3.05) is 32.8 Å². The maximum Gasteiger partial charge on any atom is 0.123 e. The molecule has 0 aromatic heterocycles. The van der Waals surface area contributed by atoms with Crippen molar-refractivity contribution < 1.29 is 4.74 Å². The van der Waals surface area contributed by atoms with Gasteiger partial charge in [0.2, 0.25) is 0 Å². The molecule has 2 aliphatic heterocycles. The lowest BCUT2D eigenvalue weighted by molar-refractivity contribution is 0.289. The number of nitrogens with zero attached hydrogens (tertiary/aromatic N) is 1. The molecule has 2 saturated heterocycles. The van der Waals surface area contributed by atoms with Crippen LogP contribution in [0.15, 0.2) is 24.3 Å². The molecular weight excluding hydrogens is 260 g/mol. The molecule has 1 N–H and O–H groups in total. The van der Waals surface area contributed by atoms with E-state index in [0.717, 1.165) is 30.7 Å². The smallest absolute Gasteiger partial charge is 0.123 e. The van der Waals surface area contributed by atoms with Gasteiger partial charge in [-0.25, -0.2) is 0 Å². The molecule has 0 bridgehead atoms. The highest BCUT2D eigenvalue weighted by Gasteiger charge is 2.35. The molecule has 0 amide bonds. The average molecular weight is 283 g/mol. The fraction of sp³-hybridized carbons (Fsp3) is 0.600. The predicted octanol–water partition coefficient (Wildman–Crippen LogP) is 2.16. The van der Waals surface area contributed by atoms with E-state index in [2.05, 4.69) is 34.5 Å². The van der Waals surface area contributed by atoms with Crippen LogP contribution in [-0.4, -0.2) is 37.7 Å². The molecule has 0 unspecified atom stereocenters. The number of ether oxygens (including phenoxy) is 1. The summed E-state index contributed by atoms with van der Waals surface area (Å²) in [5.41, 5.74) is 1.33. The van der Waals surface area contributed by atoms with E-state index in [4.69, 9.17) is 4.74 Å². The summed E-state index contributed by atoms with van der Waals surface area (Å²) in [4.78, 5) is 2.58. The van der Waals surface area contributed by atoms with Crippen LogP contribution < -0.4 is 10.1 Å².